The van der Waals surface area contributed by atoms with Crippen molar-refractivity contribution in [2.24, 2.45) is 16.6 Å². The molecule has 0 bridgehead atoms. The fourth-order valence-corrected chi connectivity index (χ4v) is 2.96. The van der Waals surface area contributed by atoms with Crippen LogP contribution in [0.3, 0.4) is 0 Å². The summed E-state index contributed by atoms with van der Waals surface area (Å²) in [7, 11) is 0. The van der Waals surface area contributed by atoms with Gasteiger partial charge in [0.05, 0.1) is 6.54 Å². The molecule has 4 N–H and O–H groups in total. The zero-order valence-electron chi connectivity index (χ0n) is 14.5. The molecule has 6 nitrogen and oxygen atoms in total. The molecule has 0 aliphatic heterocycles. The first-order valence-electron chi connectivity index (χ1n) is 8.58. The number of pyridine rings is 1. The Bertz CT molecular complexity index is 745. The van der Waals surface area contributed by atoms with Crippen LogP contribution in [0.5, 0.6) is 0 Å². The summed E-state index contributed by atoms with van der Waals surface area (Å²) in [6.07, 6.45) is 5.97. The third kappa shape index (κ3) is 5.98. The summed E-state index contributed by atoms with van der Waals surface area (Å²) >= 11 is 0. The fraction of sp³-hybridized carbons (Fsp3) is 0.316. The van der Waals surface area contributed by atoms with Gasteiger partial charge in [-0.2, -0.15) is 0 Å². The number of aliphatic imine (C=N–C) groups is 1. The van der Waals surface area contributed by atoms with Crippen LogP contribution in [0, 0.1) is 5.92 Å². The SMILES string of the molecule is I.NC(=NCc1cccc(NC(=O)C2CCCC2)c1)Nc1ccccn1. The smallest absolute Gasteiger partial charge is 0.227 e. The Morgan fingerprint density at radius 2 is 1.96 bits per heavy atom. The number of benzene rings is 1. The maximum absolute atomic E-state index is 12.2. The molecule has 0 atom stereocenters. The lowest BCUT2D eigenvalue weighted by Crippen LogP contribution is -2.23. The molecular formula is C19H24IN5O. The molecule has 26 heavy (non-hydrogen) atoms. The molecular weight excluding hydrogens is 441 g/mol. The molecule has 0 radical (unpaired) electrons. The van der Waals surface area contributed by atoms with E-state index in [1.54, 1.807) is 6.20 Å². The number of carbonyl (C=O) groups is 1. The number of amides is 1. The van der Waals surface area contributed by atoms with Crippen LogP contribution in [0.15, 0.2) is 53.7 Å². The van der Waals surface area contributed by atoms with Crippen molar-refractivity contribution in [1.82, 2.24) is 4.98 Å². The first kappa shape index (κ1) is 20.2. The molecule has 7 heteroatoms. The topological polar surface area (TPSA) is 92.4 Å². The van der Waals surface area contributed by atoms with E-state index in [0.29, 0.717) is 18.3 Å². The highest BCUT2D eigenvalue weighted by Gasteiger charge is 2.22. The van der Waals surface area contributed by atoms with Gasteiger partial charge in [0.25, 0.3) is 0 Å². The average Bonchev–Trinajstić information content (AvgIpc) is 3.16. The highest BCUT2D eigenvalue weighted by atomic mass is 127. The van der Waals surface area contributed by atoms with Crippen molar-refractivity contribution in [1.29, 1.82) is 0 Å². The Hall–Kier alpha value is -2.16. The molecule has 0 spiro atoms. The van der Waals surface area contributed by atoms with Crippen molar-refractivity contribution in [3.63, 3.8) is 0 Å². The molecule has 1 aliphatic rings. The van der Waals surface area contributed by atoms with Gasteiger partial charge in [0.15, 0.2) is 5.96 Å². The predicted molar refractivity (Wildman–Crippen MR) is 116 cm³/mol. The Balaban J connectivity index is 0.00000243. The Kier molecular flexibility index (Phi) is 7.83. The van der Waals surface area contributed by atoms with Gasteiger partial charge in [-0.25, -0.2) is 9.98 Å². The average molecular weight is 465 g/mol. The number of hydrogen-bond acceptors (Lipinski definition) is 3. The Labute approximate surface area is 170 Å². The number of guanidine groups is 1. The minimum Gasteiger partial charge on any atom is -0.370 e. The number of nitrogens with two attached hydrogens (primary N) is 1. The van der Waals surface area contributed by atoms with E-state index in [1.807, 2.05) is 42.5 Å². The van der Waals surface area contributed by atoms with Crippen LogP contribution < -0.4 is 16.4 Å². The number of carbonyl (C=O) groups excluding carboxylic acids is 1. The van der Waals surface area contributed by atoms with Crippen LogP contribution in [0.25, 0.3) is 0 Å². The first-order valence-corrected chi connectivity index (χ1v) is 8.58. The third-order valence-electron chi connectivity index (χ3n) is 4.27. The standard InChI is InChI=1S/C19H23N5O.HI/c20-19(24-17-10-3-4-11-21-17)22-13-14-6-5-9-16(12-14)23-18(25)15-7-1-2-8-15;/h3-6,9-12,15H,1-2,7-8,13H2,(H,23,25)(H3,20,21,22,24);1H. The van der Waals surface area contributed by atoms with E-state index in [-0.39, 0.29) is 35.8 Å². The van der Waals surface area contributed by atoms with Gasteiger partial charge in [0.1, 0.15) is 5.82 Å². The van der Waals surface area contributed by atoms with Crippen molar-refractivity contribution in [2.45, 2.75) is 32.2 Å². The summed E-state index contributed by atoms with van der Waals surface area (Å²) in [5, 5.41) is 5.95. The minimum atomic E-state index is 0. The normalized spacial score (nSPS) is 14.5. The molecule has 1 amide bonds. The lowest BCUT2D eigenvalue weighted by Gasteiger charge is -2.11. The second kappa shape index (κ2) is 10.1. The van der Waals surface area contributed by atoms with Gasteiger partial charge in [-0.3, -0.25) is 4.79 Å². The maximum atomic E-state index is 12.2. The van der Waals surface area contributed by atoms with E-state index in [0.717, 1.165) is 36.9 Å². The van der Waals surface area contributed by atoms with E-state index in [9.17, 15) is 4.79 Å². The summed E-state index contributed by atoms with van der Waals surface area (Å²) in [6, 6.07) is 13.2. The van der Waals surface area contributed by atoms with E-state index in [1.165, 1.54) is 0 Å². The van der Waals surface area contributed by atoms with Crippen LogP contribution in [-0.2, 0) is 11.3 Å². The lowest BCUT2D eigenvalue weighted by molar-refractivity contribution is -0.119. The molecule has 2 aromatic rings. The molecule has 1 fully saturated rings. The van der Waals surface area contributed by atoms with Crippen LogP contribution in [-0.4, -0.2) is 16.9 Å². The highest BCUT2D eigenvalue weighted by Crippen LogP contribution is 2.26. The molecule has 1 saturated carbocycles. The summed E-state index contributed by atoms with van der Waals surface area (Å²) in [6.45, 7) is 0.429. The van der Waals surface area contributed by atoms with Crippen molar-refractivity contribution in [2.75, 3.05) is 10.6 Å². The molecule has 1 aliphatic carbocycles. The van der Waals surface area contributed by atoms with Gasteiger partial charge in [0.2, 0.25) is 5.91 Å². The molecule has 0 saturated heterocycles. The van der Waals surface area contributed by atoms with Gasteiger partial charge in [-0.1, -0.05) is 31.0 Å². The van der Waals surface area contributed by atoms with Gasteiger partial charge < -0.3 is 16.4 Å². The predicted octanol–water partition coefficient (Wildman–Crippen LogP) is 3.76. The second-order valence-electron chi connectivity index (χ2n) is 6.21. The molecule has 138 valence electrons. The van der Waals surface area contributed by atoms with Crippen LogP contribution in [0.4, 0.5) is 11.5 Å². The van der Waals surface area contributed by atoms with Gasteiger partial charge in [-0.15, -0.1) is 24.0 Å². The minimum absolute atomic E-state index is 0. The number of aromatic nitrogens is 1. The quantitative estimate of drug-likeness (QED) is 0.356. The van der Waals surface area contributed by atoms with Crippen molar-refractivity contribution in [3.8, 4) is 0 Å². The molecule has 1 heterocycles. The van der Waals surface area contributed by atoms with Gasteiger partial charge in [-0.05, 0) is 42.7 Å². The largest absolute Gasteiger partial charge is 0.370 e. The Morgan fingerprint density at radius 3 is 2.69 bits per heavy atom. The Morgan fingerprint density at radius 1 is 1.15 bits per heavy atom. The number of nitrogens with one attached hydrogen (secondary N) is 2. The maximum Gasteiger partial charge on any atom is 0.227 e. The molecule has 1 aromatic heterocycles. The molecule has 1 aromatic carbocycles. The van der Waals surface area contributed by atoms with Gasteiger partial charge >= 0.3 is 0 Å². The van der Waals surface area contributed by atoms with Gasteiger partial charge in [0, 0.05) is 17.8 Å². The van der Waals surface area contributed by atoms with Crippen molar-refractivity contribution >= 4 is 47.3 Å². The number of halogens is 1. The first-order chi connectivity index (χ1) is 12.2. The molecule has 3 rings (SSSR count). The monoisotopic (exact) mass is 465 g/mol. The van der Waals surface area contributed by atoms with Crippen LogP contribution in [0.2, 0.25) is 0 Å². The third-order valence-corrected chi connectivity index (χ3v) is 4.27. The van der Waals surface area contributed by atoms with Crippen LogP contribution >= 0.6 is 24.0 Å². The lowest BCUT2D eigenvalue weighted by atomic mass is 10.1. The fourth-order valence-electron chi connectivity index (χ4n) is 2.96. The number of hydrogen-bond donors (Lipinski definition) is 3. The second-order valence-corrected chi connectivity index (χ2v) is 6.21. The van der Waals surface area contributed by atoms with E-state index >= 15 is 0 Å². The summed E-state index contributed by atoms with van der Waals surface area (Å²) in [5.41, 5.74) is 7.67. The van der Waals surface area contributed by atoms with Crippen LogP contribution in [0.1, 0.15) is 31.2 Å². The van der Waals surface area contributed by atoms with E-state index in [4.69, 9.17) is 5.73 Å². The van der Waals surface area contributed by atoms with Crippen molar-refractivity contribution in [3.05, 3.63) is 54.2 Å². The van der Waals surface area contributed by atoms with E-state index in [2.05, 4.69) is 20.6 Å². The highest BCUT2D eigenvalue weighted by molar-refractivity contribution is 14.0. The number of anilines is 2. The summed E-state index contributed by atoms with van der Waals surface area (Å²) < 4.78 is 0. The summed E-state index contributed by atoms with van der Waals surface area (Å²) in [5.74, 6) is 1.23. The summed E-state index contributed by atoms with van der Waals surface area (Å²) in [4.78, 5) is 20.7. The number of nitrogens with zero attached hydrogens (tertiary/aromatic N) is 2. The molecule has 0 unspecified atom stereocenters. The van der Waals surface area contributed by atoms with E-state index < -0.39 is 0 Å². The van der Waals surface area contributed by atoms with Crippen molar-refractivity contribution < 1.29 is 4.79 Å². The zero-order chi connectivity index (χ0) is 17.5. The zero-order valence-corrected chi connectivity index (χ0v) is 16.9. The number of rotatable bonds is 5.